The summed E-state index contributed by atoms with van der Waals surface area (Å²) in [4.78, 5) is 0. The maximum Gasteiger partial charge on any atom is 0.327 e. The lowest BCUT2D eigenvalue weighted by Crippen LogP contribution is -2.25. The van der Waals surface area contributed by atoms with Gasteiger partial charge in [-0.2, -0.15) is 0 Å². The molecule has 1 N–H and O–H groups in total. The van der Waals surface area contributed by atoms with E-state index in [1.165, 1.54) is 0 Å². The van der Waals surface area contributed by atoms with E-state index in [1.54, 1.807) is 0 Å². The number of likely N-dealkylation sites (N-methyl/N-ethyl adjacent to an activating group) is 1. The first-order valence-corrected chi connectivity index (χ1v) is 3.16. The normalized spacial score (nSPS) is 14.2. The zero-order chi connectivity index (χ0) is 6.41. The van der Waals surface area contributed by atoms with Crippen molar-refractivity contribution in [1.29, 1.82) is 0 Å². The minimum Gasteiger partial charge on any atom is -0.315 e. The summed E-state index contributed by atoms with van der Waals surface area (Å²) in [7, 11) is 1.59. The van der Waals surface area contributed by atoms with E-state index in [9.17, 15) is 4.57 Å². The van der Waals surface area contributed by atoms with Gasteiger partial charge in [0.25, 0.3) is 0 Å². The molecular weight excluding hydrogens is 125 g/mol. The molecule has 0 aliphatic carbocycles. The molecule has 0 spiro atoms. The van der Waals surface area contributed by atoms with E-state index in [4.69, 9.17) is 0 Å². The second-order valence-corrected chi connectivity index (χ2v) is 1.97. The van der Waals surface area contributed by atoms with Gasteiger partial charge >= 0.3 is 8.69 Å². The molecule has 0 aromatic rings. The molecule has 0 saturated heterocycles. The smallest absolute Gasteiger partial charge is 0.315 e. The number of nitrogens with one attached hydrogen (secondary N) is 1. The molecule has 48 valence electrons. The fourth-order valence-electron chi connectivity index (χ4n) is 0.226. The van der Waals surface area contributed by atoms with Crippen LogP contribution in [0.15, 0.2) is 0 Å². The summed E-state index contributed by atoms with van der Waals surface area (Å²) in [5.41, 5.74) is 0. The van der Waals surface area contributed by atoms with Crippen LogP contribution >= 0.6 is 8.69 Å². The van der Waals surface area contributed by atoms with Gasteiger partial charge < -0.3 is 5.32 Å². The van der Waals surface area contributed by atoms with E-state index in [1.807, 2.05) is 14.0 Å². The maximum atomic E-state index is 9.67. The average Bonchev–Trinajstić information content (AvgIpc) is 1.83. The predicted octanol–water partition coefficient (Wildman–Crippen LogP) is 0.818. The van der Waals surface area contributed by atoms with Crippen LogP contribution in [0.25, 0.3) is 0 Å². The molecule has 0 bridgehead atoms. The topological polar surface area (TPSA) is 38.3 Å². The van der Waals surface area contributed by atoms with E-state index in [0.717, 1.165) is 0 Å². The maximum absolute atomic E-state index is 9.67. The lowest BCUT2D eigenvalue weighted by molar-refractivity contribution is 0.302. The zero-order valence-corrected chi connectivity index (χ0v) is 5.94. The van der Waals surface area contributed by atoms with E-state index < -0.39 is 0 Å². The van der Waals surface area contributed by atoms with Gasteiger partial charge in [-0.05, 0) is 14.0 Å². The third kappa shape index (κ3) is 4.19. The highest BCUT2D eigenvalue weighted by Crippen LogP contribution is 1.94. The fraction of sp³-hybridized carbons (Fsp3) is 1.00. The zero-order valence-electron chi connectivity index (χ0n) is 5.05. The summed E-state index contributed by atoms with van der Waals surface area (Å²) in [5.74, 6) is 0. The van der Waals surface area contributed by atoms with E-state index in [-0.39, 0.29) is 14.7 Å². The summed E-state index contributed by atoms with van der Waals surface area (Å²) in [6.07, 6.45) is 0. The van der Waals surface area contributed by atoms with Crippen molar-refractivity contribution >= 4 is 8.69 Å². The third-order valence-electron chi connectivity index (χ3n) is 0.870. The minimum atomic E-state index is -0.241. The van der Waals surface area contributed by atoms with Gasteiger partial charge in [-0.1, -0.05) is 0 Å². The fourth-order valence-corrected chi connectivity index (χ4v) is 0.510. The largest absolute Gasteiger partial charge is 0.327 e. The van der Waals surface area contributed by atoms with Gasteiger partial charge in [-0.25, -0.2) is 4.57 Å². The van der Waals surface area contributed by atoms with Crippen LogP contribution in [-0.2, 0) is 9.09 Å². The molecule has 3 nitrogen and oxygen atoms in total. The highest BCUT2D eigenvalue weighted by Gasteiger charge is 1.94. The first-order valence-electron chi connectivity index (χ1n) is 2.43. The highest BCUT2D eigenvalue weighted by atomic mass is 31.1. The van der Waals surface area contributed by atoms with Gasteiger partial charge in [-0.15, -0.1) is 0 Å². The molecule has 0 aliphatic heterocycles. The molecule has 1 atom stereocenters. The summed E-state index contributed by atoms with van der Waals surface area (Å²) in [5, 5.41) is 2.93. The summed E-state index contributed by atoms with van der Waals surface area (Å²) >= 11 is 0. The summed E-state index contributed by atoms with van der Waals surface area (Å²) in [6.45, 7) is 2.44. The number of rotatable bonds is 4. The minimum absolute atomic E-state index is 0.241. The van der Waals surface area contributed by atoms with E-state index >= 15 is 0 Å². The van der Waals surface area contributed by atoms with Crippen molar-refractivity contribution in [3.63, 3.8) is 0 Å². The van der Waals surface area contributed by atoms with Gasteiger partial charge in [-0.3, -0.25) is 4.52 Å². The van der Waals surface area contributed by atoms with Crippen LogP contribution in [0.3, 0.4) is 0 Å². The van der Waals surface area contributed by atoms with E-state index in [2.05, 4.69) is 9.84 Å². The molecule has 0 saturated carbocycles. The van der Waals surface area contributed by atoms with Crippen LogP contribution in [0.1, 0.15) is 6.92 Å². The Balaban J connectivity index is 2.97. The second kappa shape index (κ2) is 5.16. The monoisotopic (exact) mass is 135 g/mol. The van der Waals surface area contributed by atoms with Crippen molar-refractivity contribution < 1.29 is 9.09 Å². The van der Waals surface area contributed by atoms with Crippen LogP contribution in [0, 0.1) is 0 Å². The lowest BCUT2D eigenvalue weighted by atomic mass is 10.4. The molecule has 0 aromatic carbocycles. The van der Waals surface area contributed by atoms with Crippen molar-refractivity contribution in [2.24, 2.45) is 0 Å². The van der Waals surface area contributed by atoms with Gasteiger partial charge in [0.1, 0.15) is 0 Å². The molecule has 0 radical (unpaired) electrons. The molecule has 0 amide bonds. The van der Waals surface area contributed by atoms with Crippen LogP contribution in [0.2, 0.25) is 0 Å². The standard InChI is InChI=1S/C4H10NO2P/c1-4(5-2)3-7-8-6/h4-5H,3H2,1-2H3. The Morgan fingerprint density at radius 1 is 1.88 bits per heavy atom. The Hall–Kier alpha value is 0.0200. The molecule has 0 heterocycles. The number of hydrogen-bond acceptors (Lipinski definition) is 3. The second-order valence-electron chi connectivity index (χ2n) is 1.56. The van der Waals surface area contributed by atoms with Gasteiger partial charge in [0.15, 0.2) is 0 Å². The first kappa shape index (κ1) is 8.02. The van der Waals surface area contributed by atoms with Crippen molar-refractivity contribution in [2.45, 2.75) is 13.0 Å². The van der Waals surface area contributed by atoms with Crippen LogP contribution in [-0.4, -0.2) is 19.7 Å². The Morgan fingerprint density at radius 3 is 2.88 bits per heavy atom. The Bertz CT molecular complexity index is 69.1. The Labute approximate surface area is 50.7 Å². The summed E-state index contributed by atoms with van der Waals surface area (Å²) < 4.78 is 14.2. The molecule has 0 rings (SSSR count). The molecular formula is C4H10NO2P. The Kier molecular flexibility index (Phi) is 5.18. The van der Waals surface area contributed by atoms with E-state index in [0.29, 0.717) is 6.61 Å². The molecule has 1 unspecified atom stereocenters. The van der Waals surface area contributed by atoms with Crippen molar-refractivity contribution in [3.05, 3.63) is 0 Å². The van der Waals surface area contributed by atoms with Crippen molar-refractivity contribution in [2.75, 3.05) is 13.7 Å². The quantitative estimate of drug-likeness (QED) is 0.580. The molecule has 0 aromatic heterocycles. The average molecular weight is 135 g/mol. The van der Waals surface area contributed by atoms with Gasteiger partial charge in [0.2, 0.25) is 0 Å². The van der Waals surface area contributed by atoms with Crippen LogP contribution < -0.4 is 5.32 Å². The third-order valence-corrected chi connectivity index (χ3v) is 1.12. The van der Waals surface area contributed by atoms with Gasteiger partial charge in [0.05, 0.1) is 6.61 Å². The first-order chi connectivity index (χ1) is 3.81. The lowest BCUT2D eigenvalue weighted by Gasteiger charge is -2.04. The predicted molar refractivity (Wildman–Crippen MR) is 32.1 cm³/mol. The summed E-state index contributed by atoms with van der Waals surface area (Å²) in [6, 6.07) is 0.274. The van der Waals surface area contributed by atoms with Gasteiger partial charge in [0, 0.05) is 6.04 Å². The van der Waals surface area contributed by atoms with Crippen molar-refractivity contribution in [1.82, 2.24) is 5.32 Å². The number of hydrogen-bond donors (Lipinski definition) is 1. The van der Waals surface area contributed by atoms with Crippen LogP contribution in [0.5, 0.6) is 0 Å². The molecule has 0 fully saturated rings. The molecule has 0 aliphatic rings. The molecule has 4 heteroatoms. The molecule has 8 heavy (non-hydrogen) atoms. The van der Waals surface area contributed by atoms with Crippen molar-refractivity contribution in [3.8, 4) is 0 Å². The van der Waals surface area contributed by atoms with Crippen LogP contribution in [0.4, 0.5) is 0 Å². The highest BCUT2D eigenvalue weighted by molar-refractivity contribution is 7.17. The Morgan fingerprint density at radius 2 is 2.50 bits per heavy atom. The SMILES string of the molecule is CNC(C)COP=O.